The number of likely N-dealkylation sites (N-methyl/N-ethyl adjacent to an activating group) is 1. The van der Waals surface area contributed by atoms with Crippen molar-refractivity contribution in [2.45, 2.75) is 6.54 Å². The number of benzene rings is 1. The average Bonchev–Trinajstić information content (AvgIpc) is 2.77. The molecule has 0 aliphatic carbocycles. The number of halogens is 2. The highest BCUT2D eigenvalue weighted by Crippen LogP contribution is 2.20. The summed E-state index contributed by atoms with van der Waals surface area (Å²) in [4.78, 5) is 14.6. The normalized spacial score (nSPS) is 11.1. The molecule has 1 aromatic heterocycles. The first kappa shape index (κ1) is 15.5. The molecule has 0 bridgehead atoms. The molecule has 0 aliphatic rings. The number of ketones is 1. The van der Waals surface area contributed by atoms with E-state index in [1.807, 2.05) is 43.3 Å². The van der Waals surface area contributed by atoms with Gasteiger partial charge in [-0.05, 0) is 61.0 Å². The molecule has 0 aliphatic heterocycles. The maximum Gasteiger partial charge on any atom is 0.212 e. The standard InChI is InChI=1S/C14H15ClIN3O/c1-18(2)7-8-19-13(12(15)9-17-19)14(20)10-3-5-11(16)6-4-10/h3-6,9H,7-8H2,1-2H3. The minimum absolute atomic E-state index is 0.0948. The van der Waals surface area contributed by atoms with Crippen LogP contribution in [0.5, 0.6) is 0 Å². The Hall–Kier alpha value is -0.920. The van der Waals surface area contributed by atoms with Gasteiger partial charge in [0.25, 0.3) is 0 Å². The third-order valence-corrected chi connectivity index (χ3v) is 3.87. The molecule has 20 heavy (non-hydrogen) atoms. The first-order valence-corrected chi connectivity index (χ1v) is 7.61. The number of hydrogen-bond donors (Lipinski definition) is 0. The Morgan fingerprint density at radius 1 is 1.35 bits per heavy atom. The Labute approximate surface area is 136 Å². The lowest BCUT2D eigenvalue weighted by Crippen LogP contribution is -2.21. The smallest absolute Gasteiger partial charge is 0.212 e. The van der Waals surface area contributed by atoms with E-state index in [0.29, 0.717) is 22.8 Å². The molecule has 0 atom stereocenters. The van der Waals surface area contributed by atoms with Crippen LogP contribution in [-0.2, 0) is 6.54 Å². The van der Waals surface area contributed by atoms with Crippen LogP contribution in [0.25, 0.3) is 0 Å². The zero-order chi connectivity index (χ0) is 14.7. The minimum atomic E-state index is -0.0948. The summed E-state index contributed by atoms with van der Waals surface area (Å²) in [5.74, 6) is -0.0948. The maximum atomic E-state index is 12.5. The summed E-state index contributed by atoms with van der Waals surface area (Å²) in [6.45, 7) is 1.43. The van der Waals surface area contributed by atoms with Crippen LogP contribution in [0.15, 0.2) is 30.5 Å². The van der Waals surface area contributed by atoms with Gasteiger partial charge in [-0.2, -0.15) is 5.10 Å². The lowest BCUT2D eigenvalue weighted by Gasteiger charge is -2.11. The van der Waals surface area contributed by atoms with Crippen molar-refractivity contribution in [2.24, 2.45) is 0 Å². The van der Waals surface area contributed by atoms with E-state index in [1.54, 1.807) is 4.68 Å². The van der Waals surface area contributed by atoms with Crippen LogP contribution in [-0.4, -0.2) is 41.1 Å². The van der Waals surface area contributed by atoms with E-state index >= 15 is 0 Å². The highest BCUT2D eigenvalue weighted by Gasteiger charge is 2.19. The molecule has 2 aromatic rings. The molecule has 0 saturated heterocycles. The molecule has 106 valence electrons. The third-order valence-electron chi connectivity index (χ3n) is 2.88. The molecule has 0 spiro atoms. The Balaban J connectivity index is 2.29. The van der Waals surface area contributed by atoms with Gasteiger partial charge in [-0.25, -0.2) is 0 Å². The topological polar surface area (TPSA) is 38.1 Å². The van der Waals surface area contributed by atoms with Crippen LogP contribution in [0.2, 0.25) is 5.02 Å². The van der Waals surface area contributed by atoms with Gasteiger partial charge in [0.1, 0.15) is 5.69 Å². The number of aromatic nitrogens is 2. The highest BCUT2D eigenvalue weighted by molar-refractivity contribution is 14.1. The second-order valence-corrected chi connectivity index (χ2v) is 6.36. The summed E-state index contributed by atoms with van der Waals surface area (Å²) >= 11 is 8.32. The van der Waals surface area contributed by atoms with Gasteiger partial charge < -0.3 is 4.90 Å². The van der Waals surface area contributed by atoms with Crippen molar-refractivity contribution in [3.8, 4) is 0 Å². The lowest BCUT2D eigenvalue weighted by molar-refractivity contribution is 0.102. The molecular formula is C14H15ClIN3O. The summed E-state index contributed by atoms with van der Waals surface area (Å²) in [7, 11) is 3.96. The Morgan fingerprint density at radius 3 is 2.60 bits per heavy atom. The predicted molar refractivity (Wildman–Crippen MR) is 88.4 cm³/mol. The molecule has 0 unspecified atom stereocenters. The van der Waals surface area contributed by atoms with E-state index in [9.17, 15) is 4.79 Å². The molecule has 2 rings (SSSR count). The van der Waals surface area contributed by atoms with E-state index in [4.69, 9.17) is 11.6 Å². The minimum Gasteiger partial charge on any atom is -0.308 e. The fourth-order valence-corrected chi connectivity index (χ4v) is 2.38. The van der Waals surface area contributed by atoms with Crippen LogP contribution in [0.1, 0.15) is 16.1 Å². The Bertz CT molecular complexity index is 607. The van der Waals surface area contributed by atoms with Crippen LogP contribution < -0.4 is 0 Å². The van der Waals surface area contributed by atoms with E-state index in [0.717, 1.165) is 10.1 Å². The molecular weight excluding hydrogens is 389 g/mol. The molecule has 0 saturated carbocycles. The second kappa shape index (κ2) is 6.69. The number of hydrogen-bond acceptors (Lipinski definition) is 3. The van der Waals surface area contributed by atoms with E-state index in [1.165, 1.54) is 6.20 Å². The van der Waals surface area contributed by atoms with Crippen molar-refractivity contribution in [1.82, 2.24) is 14.7 Å². The largest absolute Gasteiger partial charge is 0.308 e. The van der Waals surface area contributed by atoms with Crippen molar-refractivity contribution >= 4 is 40.0 Å². The first-order valence-electron chi connectivity index (χ1n) is 6.15. The number of nitrogens with zero attached hydrogens (tertiary/aromatic N) is 3. The van der Waals surface area contributed by atoms with E-state index in [2.05, 4.69) is 27.7 Å². The number of rotatable bonds is 5. The average molecular weight is 404 g/mol. The Morgan fingerprint density at radius 2 is 2.00 bits per heavy atom. The van der Waals surface area contributed by atoms with E-state index < -0.39 is 0 Å². The van der Waals surface area contributed by atoms with Crippen LogP contribution in [0.4, 0.5) is 0 Å². The molecule has 0 N–H and O–H groups in total. The summed E-state index contributed by atoms with van der Waals surface area (Å²) in [6, 6.07) is 7.43. The van der Waals surface area contributed by atoms with Crippen molar-refractivity contribution in [1.29, 1.82) is 0 Å². The fraction of sp³-hybridized carbons (Fsp3) is 0.286. The van der Waals surface area contributed by atoms with E-state index in [-0.39, 0.29) is 5.78 Å². The maximum absolute atomic E-state index is 12.5. The second-order valence-electron chi connectivity index (χ2n) is 4.70. The summed E-state index contributed by atoms with van der Waals surface area (Å²) in [5, 5.41) is 4.58. The van der Waals surface area contributed by atoms with Crippen LogP contribution >= 0.6 is 34.2 Å². The summed E-state index contributed by atoms with van der Waals surface area (Å²) in [6.07, 6.45) is 1.52. The van der Waals surface area contributed by atoms with Gasteiger partial charge in [-0.15, -0.1) is 0 Å². The fourth-order valence-electron chi connectivity index (χ4n) is 1.79. The lowest BCUT2D eigenvalue weighted by atomic mass is 10.1. The van der Waals surface area contributed by atoms with Gasteiger partial charge >= 0.3 is 0 Å². The van der Waals surface area contributed by atoms with Crippen molar-refractivity contribution in [3.05, 3.63) is 50.3 Å². The van der Waals surface area contributed by atoms with Gasteiger partial charge in [0, 0.05) is 15.7 Å². The molecule has 0 fully saturated rings. The number of carbonyl (C=O) groups excluding carboxylic acids is 1. The molecule has 1 aromatic carbocycles. The van der Waals surface area contributed by atoms with Crippen molar-refractivity contribution in [3.63, 3.8) is 0 Å². The quantitative estimate of drug-likeness (QED) is 0.569. The Kier molecular flexibility index (Phi) is 5.17. The van der Waals surface area contributed by atoms with Gasteiger partial charge in [0.15, 0.2) is 0 Å². The highest BCUT2D eigenvalue weighted by atomic mass is 127. The SMILES string of the molecule is CN(C)CCn1ncc(Cl)c1C(=O)c1ccc(I)cc1. The molecule has 1 heterocycles. The zero-order valence-corrected chi connectivity index (χ0v) is 14.2. The zero-order valence-electron chi connectivity index (χ0n) is 11.3. The van der Waals surface area contributed by atoms with Gasteiger partial charge in [0.05, 0.1) is 17.8 Å². The molecule has 4 nitrogen and oxygen atoms in total. The van der Waals surface area contributed by atoms with Crippen molar-refractivity contribution < 1.29 is 4.79 Å². The van der Waals surface area contributed by atoms with Gasteiger partial charge in [-0.3, -0.25) is 9.48 Å². The van der Waals surface area contributed by atoms with Crippen molar-refractivity contribution in [2.75, 3.05) is 20.6 Å². The molecule has 0 amide bonds. The number of carbonyl (C=O) groups is 1. The summed E-state index contributed by atoms with van der Waals surface area (Å²) < 4.78 is 2.76. The molecule has 0 radical (unpaired) electrons. The van der Waals surface area contributed by atoms with Gasteiger partial charge in [-0.1, -0.05) is 11.6 Å². The molecule has 6 heteroatoms. The predicted octanol–water partition coefficient (Wildman–Crippen LogP) is 2.93. The van der Waals surface area contributed by atoms with Crippen LogP contribution in [0.3, 0.4) is 0 Å². The van der Waals surface area contributed by atoms with Crippen LogP contribution in [0, 0.1) is 3.57 Å². The van der Waals surface area contributed by atoms with Gasteiger partial charge in [0.2, 0.25) is 5.78 Å². The summed E-state index contributed by atoms with van der Waals surface area (Å²) in [5.41, 5.74) is 1.08. The monoisotopic (exact) mass is 403 g/mol. The first-order chi connectivity index (χ1) is 9.49. The third kappa shape index (κ3) is 3.59.